The predicted octanol–water partition coefficient (Wildman–Crippen LogP) is -0.877. The normalized spacial score (nSPS) is 14.4. The van der Waals surface area contributed by atoms with Crippen LogP contribution in [0.1, 0.15) is 19.8 Å². The van der Waals surface area contributed by atoms with Gasteiger partial charge in [-0.25, -0.2) is 0 Å². The Kier molecular flexibility index (Phi) is 7.37. The SMILES string of the molecule is CC(=O)NC(CS)C(=O)CCC(O)CO. The van der Waals surface area contributed by atoms with E-state index in [4.69, 9.17) is 10.2 Å². The van der Waals surface area contributed by atoms with Crippen molar-refractivity contribution in [3.8, 4) is 0 Å². The van der Waals surface area contributed by atoms with E-state index in [1.165, 1.54) is 6.92 Å². The molecule has 2 unspecified atom stereocenters. The van der Waals surface area contributed by atoms with Crippen LogP contribution < -0.4 is 5.32 Å². The van der Waals surface area contributed by atoms with Gasteiger partial charge in [0.25, 0.3) is 0 Å². The number of amides is 1. The van der Waals surface area contributed by atoms with Crippen LogP contribution in [0.25, 0.3) is 0 Å². The summed E-state index contributed by atoms with van der Waals surface area (Å²) in [6.07, 6.45) is -0.571. The van der Waals surface area contributed by atoms with Gasteiger partial charge in [0.05, 0.1) is 18.8 Å². The standard InChI is InChI=1S/C9H17NO4S/c1-6(12)10-8(5-15)9(14)3-2-7(13)4-11/h7-8,11,13,15H,2-5H2,1H3,(H,10,12). The van der Waals surface area contributed by atoms with Crippen LogP contribution in [0.4, 0.5) is 0 Å². The molecule has 0 bridgehead atoms. The Morgan fingerprint density at radius 1 is 1.47 bits per heavy atom. The molecule has 0 fully saturated rings. The van der Waals surface area contributed by atoms with Gasteiger partial charge in [-0.3, -0.25) is 9.59 Å². The second kappa shape index (κ2) is 7.67. The van der Waals surface area contributed by atoms with Crippen molar-refractivity contribution in [3.05, 3.63) is 0 Å². The van der Waals surface area contributed by atoms with Gasteiger partial charge in [0.2, 0.25) is 5.91 Å². The predicted molar refractivity (Wildman–Crippen MR) is 58.8 cm³/mol. The van der Waals surface area contributed by atoms with Crippen molar-refractivity contribution in [2.75, 3.05) is 12.4 Å². The second-order valence-electron chi connectivity index (χ2n) is 3.28. The molecule has 1 amide bonds. The molecule has 0 saturated carbocycles. The number of hydrogen-bond acceptors (Lipinski definition) is 5. The van der Waals surface area contributed by atoms with Crippen molar-refractivity contribution < 1.29 is 19.8 Å². The first-order valence-corrected chi connectivity index (χ1v) is 5.34. The molecule has 15 heavy (non-hydrogen) atoms. The van der Waals surface area contributed by atoms with Gasteiger partial charge in [0.15, 0.2) is 5.78 Å². The Bertz CT molecular complexity index is 222. The minimum absolute atomic E-state index is 0.118. The third-order valence-electron chi connectivity index (χ3n) is 1.88. The molecule has 0 spiro atoms. The minimum atomic E-state index is -0.883. The average molecular weight is 235 g/mol. The lowest BCUT2D eigenvalue weighted by molar-refractivity contribution is -0.126. The van der Waals surface area contributed by atoms with Gasteiger partial charge in [0, 0.05) is 19.1 Å². The summed E-state index contributed by atoms with van der Waals surface area (Å²) in [5.41, 5.74) is 0. The summed E-state index contributed by atoms with van der Waals surface area (Å²) in [5.74, 6) is -0.244. The molecule has 0 aliphatic heterocycles. The summed E-state index contributed by atoms with van der Waals surface area (Å²) in [7, 11) is 0. The number of carbonyl (C=O) groups is 2. The number of rotatable bonds is 7. The van der Waals surface area contributed by atoms with Crippen molar-refractivity contribution in [2.24, 2.45) is 0 Å². The molecular formula is C9H17NO4S. The molecule has 88 valence electrons. The van der Waals surface area contributed by atoms with E-state index in [1.54, 1.807) is 0 Å². The van der Waals surface area contributed by atoms with Gasteiger partial charge in [0.1, 0.15) is 0 Å². The minimum Gasteiger partial charge on any atom is -0.394 e. The molecule has 0 aromatic rings. The molecule has 5 nitrogen and oxygen atoms in total. The Morgan fingerprint density at radius 3 is 2.47 bits per heavy atom. The fraction of sp³-hybridized carbons (Fsp3) is 0.778. The van der Waals surface area contributed by atoms with Crippen molar-refractivity contribution in [1.29, 1.82) is 0 Å². The number of hydrogen-bond donors (Lipinski definition) is 4. The molecule has 2 atom stereocenters. The number of nitrogens with one attached hydrogen (secondary N) is 1. The molecule has 0 heterocycles. The maximum atomic E-state index is 11.5. The number of carbonyl (C=O) groups excluding carboxylic acids is 2. The summed E-state index contributed by atoms with van der Waals surface area (Å²) >= 11 is 3.95. The molecule has 0 aromatic heterocycles. The maximum absolute atomic E-state index is 11.5. The zero-order valence-corrected chi connectivity index (χ0v) is 9.54. The maximum Gasteiger partial charge on any atom is 0.217 e. The third kappa shape index (κ3) is 6.48. The summed E-state index contributed by atoms with van der Waals surface area (Å²) in [6, 6.07) is -0.614. The van der Waals surface area contributed by atoms with Crippen molar-refractivity contribution in [3.63, 3.8) is 0 Å². The van der Waals surface area contributed by atoms with Crippen LogP contribution in [-0.4, -0.2) is 46.4 Å². The zero-order valence-electron chi connectivity index (χ0n) is 8.64. The monoisotopic (exact) mass is 235 g/mol. The summed E-state index contributed by atoms with van der Waals surface area (Å²) < 4.78 is 0. The largest absolute Gasteiger partial charge is 0.394 e. The summed E-state index contributed by atoms with van der Waals surface area (Å²) in [6.45, 7) is 0.964. The van der Waals surface area contributed by atoms with Gasteiger partial charge in [-0.15, -0.1) is 0 Å². The van der Waals surface area contributed by atoms with E-state index in [9.17, 15) is 9.59 Å². The van der Waals surface area contributed by atoms with Crippen molar-refractivity contribution >= 4 is 24.3 Å². The lowest BCUT2D eigenvalue weighted by atomic mass is 10.1. The average Bonchev–Trinajstić information content (AvgIpc) is 2.21. The topological polar surface area (TPSA) is 86.6 Å². The molecule has 0 aliphatic carbocycles. The van der Waals surface area contributed by atoms with Gasteiger partial charge in [-0.1, -0.05) is 0 Å². The number of aliphatic hydroxyl groups is 2. The fourth-order valence-corrected chi connectivity index (χ4v) is 1.34. The zero-order chi connectivity index (χ0) is 11.8. The Morgan fingerprint density at radius 2 is 2.07 bits per heavy atom. The lowest BCUT2D eigenvalue weighted by Crippen LogP contribution is -2.41. The quantitative estimate of drug-likeness (QED) is 0.432. The first kappa shape index (κ1) is 14.4. The smallest absolute Gasteiger partial charge is 0.217 e. The van der Waals surface area contributed by atoms with Crippen molar-refractivity contribution in [2.45, 2.75) is 31.9 Å². The summed E-state index contributed by atoms with van der Waals surface area (Å²) in [5, 5.41) is 20.0. The molecule has 3 N–H and O–H groups in total. The summed E-state index contributed by atoms with van der Waals surface area (Å²) in [4.78, 5) is 22.2. The molecule has 6 heteroatoms. The Labute approximate surface area is 94.3 Å². The number of aliphatic hydroxyl groups excluding tert-OH is 2. The molecular weight excluding hydrogens is 218 g/mol. The van der Waals surface area contributed by atoms with Crippen LogP contribution in [0.5, 0.6) is 0 Å². The van der Waals surface area contributed by atoms with Crippen molar-refractivity contribution in [1.82, 2.24) is 5.32 Å². The molecule has 0 saturated heterocycles. The van der Waals surface area contributed by atoms with E-state index in [-0.39, 0.29) is 36.9 Å². The van der Waals surface area contributed by atoms with Gasteiger partial charge >= 0.3 is 0 Å². The van der Waals surface area contributed by atoms with Crippen LogP contribution in [0.2, 0.25) is 0 Å². The Balaban J connectivity index is 3.99. The highest BCUT2D eigenvalue weighted by Crippen LogP contribution is 2.02. The van der Waals surface area contributed by atoms with Gasteiger partial charge < -0.3 is 15.5 Å². The highest BCUT2D eigenvalue weighted by Gasteiger charge is 2.18. The van der Waals surface area contributed by atoms with Crippen LogP contribution in [0.15, 0.2) is 0 Å². The van der Waals surface area contributed by atoms with E-state index in [0.717, 1.165) is 0 Å². The molecule has 0 radical (unpaired) electrons. The first-order valence-electron chi connectivity index (χ1n) is 4.70. The van der Waals surface area contributed by atoms with E-state index in [1.807, 2.05) is 0 Å². The molecule has 0 aromatic carbocycles. The van der Waals surface area contributed by atoms with E-state index in [0.29, 0.717) is 0 Å². The number of ketones is 1. The van der Waals surface area contributed by atoms with E-state index in [2.05, 4.69) is 17.9 Å². The fourth-order valence-electron chi connectivity index (χ4n) is 1.05. The first-order chi connectivity index (χ1) is 7.01. The van der Waals surface area contributed by atoms with E-state index >= 15 is 0 Å². The van der Waals surface area contributed by atoms with E-state index < -0.39 is 12.1 Å². The Hall–Kier alpha value is -0.590. The molecule has 0 aliphatic rings. The third-order valence-corrected chi connectivity index (χ3v) is 2.25. The molecule has 0 rings (SSSR count). The van der Waals surface area contributed by atoms with Gasteiger partial charge in [-0.2, -0.15) is 12.6 Å². The number of Topliss-reactive ketones (excluding diaryl/α,β-unsaturated/α-hetero) is 1. The highest BCUT2D eigenvalue weighted by molar-refractivity contribution is 7.80. The van der Waals surface area contributed by atoms with Crippen LogP contribution in [-0.2, 0) is 9.59 Å². The van der Waals surface area contributed by atoms with Crippen LogP contribution in [0.3, 0.4) is 0 Å². The van der Waals surface area contributed by atoms with Crippen LogP contribution >= 0.6 is 12.6 Å². The second-order valence-corrected chi connectivity index (χ2v) is 3.64. The van der Waals surface area contributed by atoms with Crippen LogP contribution in [0, 0.1) is 0 Å². The number of thiol groups is 1. The highest BCUT2D eigenvalue weighted by atomic mass is 32.1. The van der Waals surface area contributed by atoms with Gasteiger partial charge in [-0.05, 0) is 6.42 Å². The lowest BCUT2D eigenvalue weighted by Gasteiger charge is -2.14.